The zero-order valence-electron chi connectivity index (χ0n) is 18.7. The fourth-order valence-electron chi connectivity index (χ4n) is 4.80. The minimum absolute atomic E-state index is 0.0920. The van der Waals surface area contributed by atoms with Crippen LogP contribution in [0.4, 0.5) is 0 Å². The van der Waals surface area contributed by atoms with E-state index in [-0.39, 0.29) is 10.8 Å². The molecule has 1 amide bonds. The number of amides is 1. The molecule has 0 atom stereocenters. The van der Waals surface area contributed by atoms with Crippen molar-refractivity contribution in [2.75, 3.05) is 26.2 Å². The summed E-state index contributed by atoms with van der Waals surface area (Å²) in [5, 5.41) is 1.15. The number of fused-ring (bicyclic) bond motifs is 1. The van der Waals surface area contributed by atoms with Crippen molar-refractivity contribution in [2.45, 2.75) is 49.3 Å². The molecule has 3 heterocycles. The maximum absolute atomic E-state index is 13.2. The number of thiazole rings is 1. The summed E-state index contributed by atoms with van der Waals surface area (Å²) in [4.78, 5) is 20.1. The van der Waals surface area contributed by atoms with Gasteiger partial charge >= 0.3 is 0 Å². The molecule has 2 fully saturated rings. The number of sulfonamides is 1. The van der Waals surface area contributed by atoms with Crippen molar-refractivity contribution in [3.05, 3.63) is 59.1 Å². The summed E-state index contributed by atoms with van der Waals surface area (Å²) in [5.41, 5.74) is 1.49. The second-order valence-corrected chi connectivity index (χ2v) is 11.9. The lowest BCUT2D eigenvalue weighted by Gasteiger charge is -2.31. The Morgan fingerprint density at radius 3 is 2.36 bits per heavy atom. The minimum Gasteiger partial charge on any atom is -0.339 e. The Balaban J connectivity index is 1.27. The van der Waals surface area contributed by atoms with Gasteiger partial charge < -0.3 is 4.90 Å². The number of carbonyl (C=O) groups is 1. The summed E-state index contributed by atoms with van der Waals surface area (Å²) < 4.78 is 29.1. The first-order valence-corrected chi connectivity index (χ1v) is 14.0. The van der Waals surface area contributed by atoms with Crippen molar-refractivity contribution in [1.29, 1.82) is 0 Å². The number of benzene rings is 2. The summed E-state index contributed by atoms with van der Waals surface area (Å²) in [6, 6.07) is 14.8. The SMILES string of the molecule is O=C(c1cccc(S(=O)(=O)N2CCCCCC2)c1)N1CCC(c2nc3ccccc3s2)CC1. The number of aromatic nitrogens is 1. The summed E-state index contributed by atoms with van der Waals surface area (Å²) >= 11 is 1.74. The highest BCUT2D eigenvalue weighted by atomic mass is 32.2. The molecular formula is C25H29N3O3S2. The van der Waals surface area contributed by atoms with Crippen LogP contribution in [0.2, 0.25) is 0 Å². The summed E-state index contributed by atoms with van der Waals surface area (Å²) in [6.45, 7) is 2.42. The molecule has 33 heavy (non-hydrogen) atoms. The molecule has 0 N–H and O–H groups in total. The number of nitrogens with zero attached hydrogens (tertiary/aromatic N) is 3. The maximum Gasteiger partial charge on any atom is 0.253 e. The number of hydrogen-bond acceptors (Lipinski definition) is 5. The first-order chi connectivity index (χ1) is 16.0. The highest BCUT2D eigenvalue weighted by molar-refractivity contribution is 7.89. The Morgan fingerprint density at radius 2 is 1.64 bits per heavy atom. The lowest BCUT2D eigenvalue weighted by Crippen LogP contribution is -2.38. The molecule has 1 aromatic heterocycles. The number of carbonyl (C=O) groups excluding carboxylic acids is 1. The molecular weight excluding hydrogens is 454 g/mol. The van der Waals surface area contributed by atoms with Gasteiger partial charge in [0.05, 0.1) is 20.1 Å². The van der Waals surface area contributed by atoms with E-state index in [1.165, 1.54) is 4.70 Å². The third kappa shape index (κ3) is 4.69. The number of para-hydroxylation sites is 1. The van der Waals surface area contributed by atoms with E-state index >= 15 is 0 Å². The van der Waals surface area contributed by atoms with E-state index in [0.717, 1.165) is 49.0 Å². The van der Waals surface area contributed by atoms with Crippen LogP contribution in [0.1, 0.15) is 59.8 Å². The molecule has 0 bridgehead atoms. The van der Waals surface area contributed by atoms with Crippen LogP contribution in [-0.2, 0) is 10.0 Å². The molecule has 0 radical (unpaired) electrons. The predicted octanol–water partition coefficient (Wildman–Crippen LogP) is 4.88. The normalized spacial score (nSPS) is 19.0. The van der Waals surface area contributed by atoms with Crippen molar-refractivity contribution in [2.24, 2.45) is 0 Å². The van der Waals surface area contributed by atoms with E-state index in [1.807, 2.05) is 23.1 Å². The Hall–Kier alpha value is -2.29. The van der Waals surface area contributed by atoms with Crippen LogP contribution in [-0.4, -0.2) is 54.7 Å². The molecule has 0 aliphatic carbocycles. The molecule has 2 aliphatic rings. The van der Waals surface area contributed by atoms with Gasteiger partial charge in [-0.3, -0.25) is 4.79 Å². The van der Waals surface area contributed by atoms with Crippen molar-refractivity contribution in [3.8, 4) is 0 Å². The van der Waals surface area contributed by atoms with Crippen LogP contribution in [0, 0.1) is 0 Å². The molecule has 6 nitrogen and oxygen atoms in total. The van der Waals surface area contributed by atoms with Crippen LogP contribution < -0.4 is 0 Å². The molecule has 2 aromatic carbocycles. The topological polar surface area (TPSA) is 70.6 Å². The Labute approximate surface area is 199 Å². The first kappa shape index (κ1) is 22.5. The van der Waals surface area contributed by atoms with Crippen LogP contribution in [0.15, 0.2) is 53.4 Å². The van der Waals surface area contributed by atoms with E-state index < -0.39 is 10.0 Å². The predicted molar refractivity (Wildman–Crippen MR) is 131 cm³/mol. The Bertz CT molecular complexity index is 1210. The number of piperidine rings is 1. The van der Waals surface area contributed by atoms with Gasteiger partial charge in [-0.1, -0.05) is 31.0 Å². The van der Waals surface area contributed by atoms with Crippen LogP contribution >= 0.6 is 11.3 Å². The van der Waals surface area contributed by atoms with E-state index in [9.17, 15) is 13.2 Å². The third-order valence-electron chi connectivity index (χ3n) is 6.73. The van der Waals surface area contributed by atoms with E-state index in [1.54, 1.807) is 39.9 Å². The fraction of sp³-hybridized carbons (Fsp3) is 0.440. The largest absolute Gasteiger partial charge is 0.339 e. The van der Waals surface area contributed by atoms with Gasteiger partial charge in [-0.05, 0) is 56.0 Å². The highest BCUT2D eigenvalue weighted by Crippen LogP contribution is 2.34. The molecule has 0 saturated carbocycles. The molecule has 2 aliphatic heterocycles. The lowest BCUT2D eigenvalue weighted by molar-refractivity contribution is 0.0712. The van der Waals surface area contributed by atoms with Gasteiger partial charge in [0.25, 0.3) is 5.91 Å². The third-order valence-corrected chi connectivity index (χ3v) is 9.82. The van der Waals surface area contributed by atoms with Crippen molar-refractivity contribution >= 4 is 37.5 Å². The molecule has 5 rings (SSSR count). The van der Waals surface area contributed by atoms with Gasteiger partial charge in [-0.15, -0.1) is 11.3 Å². The van der Waals surface area contributed by atoms with Crippen LogP contribution in [0.25, 0.3) is 10.2 Å². The fourth-order valence-corrected chi connectivity index (χ4v) is 7.50. The second-order valence-electron chi connectivity index (χ2n) is 8.93. The average Bonchev–Trinajstić information content (AvgIpc) is 3.09. The summed E-state index contributed by atoms with van der Waals surface area (Å²) in [7, 11) is -3.57. The quantitative estimate of drug-likeness (QED) is 0.530. The number of rotatable bonds is 4. The maximum atomic E-state index is 13.2. The van der Waals surface area contributed by atoms with Crippen LogP contribution in [0.3, 0.4) is 0 Å². The molecule has 2 saturated heterocycles. The summed E-state index contributed by atoms with van der Waals surface area (Å²) in [6.07, 6.45) is 5.66. The molecule has 0 spiro atoms. The van der Waals surface area contributed by atoms with E-state index in [0.29, 0.717) is 37.7 Å². The molecule has 3 aromatic rings. The monoisotopic (exact) mass is 483 g/mol. The second kappa shape index (κ2) is 9.52. The smallest absolute Gasteiger partial charge is 0.253 e. The lowest BCUT2D eigenvalue weighted by atomic mass is 9.97. The van der Waals surface area contributed by atoms with Gasteiger partial charge in [0.2, 0.25) is 10.0 Å². The number of hydrogen-bond donors (Lipinski definition) is 0. The van der Waals surface area contributed by atoms with Gasteiger partial charge in [-0.25, -0.2) is 13.4 Å². The molecule has 174 valence electrons. The molecule has 8 heteroatoms. The van der Waals surface area contributed by atoms with Gasteiger partial charge in [0.15, 0.2) is 0 Å². The summed E-state index contributed by atoms with van der Waals surface area (Å²) in [5.74, 6) is 0.270. The van der Waals surface area contributed by atoms with Gasteiger partial charge in [0.1, 0.15) is 0 Å². The van der Waals surface area contributed by atoms with Crippen LogP contribution in [0.5, 0.6) is 0 Å². The average molecular weight is 484 g/mol. The van der Waals surface area contributed by atoms with Gasteiger partial charge in [-0.2, -0.15) is 4.31 Å². The highest BCUT2D eigenvalue weighted by Gasteiger charge is 2.29. The first-order valence-electron chi connectivity index (χ1n) is 11.8. The Kier molecular flexibility index (Phi) is 6.49. The van der Waals surface area contributed by atoms with Gasteiger partial charge in [0, 0.05) is 37.7 Å². The minimum atomic E-state index is -3.57. The zero-order valence-corrected chi connectivity index (χ0v) is 20.3. The standard InChI is InChI=1S/C25H29N3O3S2/c29-25(20-8-7-9-21(18-20)33(30,31)28-14-5-1-2-6-15-28)27-16-12-19(13-17-27)24-26-22-10-3-4-11-23(22)32-24/h3-4,7-11,18-19H,1-2,5-6,12-17H2. The Morgan fingerprint density at radius 1 is 0.909 bits per heavy atom. The zero-order chi connectivity index (χ0) is 22.8. The number of likely N-dealkylation sites (tertiary alicyclic amines) is 1. The molecule has 0 unspecified atom stereocenters. The van der Waals surface area contributed by atoms with E-state index in [2.05, 4.69) is 6.07 Å². The van der Waals surface area contributed by atoms with Crippen molar-refractivity contribution in [1.82, 2.24) is 14.2 Å². The van der Waals surface area contributed by atoms with Crippen molar-refractivity contribution < 1.29 is 13.2 Å². The van der Waals surface area contributed by atoms with E-state index in [4.69, 9.17) is 4.98 Å². The van der Waals surface area contributed by atoms with Crippen molar-refractivity contribution in [3.63, 3.8) is 0 Å².